The first-order chi connectivity index (χ1) is 11.0. The molecular weight excluding hydrogens is 298 g/mol. The van der Waals surface area contributed by atoms with Gasteiger partial charge in [-0.25, -0.2) is 4.79 Å². The second-order valence-corrected chi connectivity index (χ2v) is 5.62. The summed E-state index contributed by atoms with van der Waals surface area (Å²) in [5, 5.41) is 12.9. The molecular formula is C16H17N3O4. The molecule has 1 N–H and O–H groups in total. The van der Waals surface area contributed by atoms with Crippen LogP contribution in [0.1, 0.15) is 41.9 Å². The van der Waals surface area contributed by atoms with E-state index in [0.717, 1.165) is 12.8 Å². The first kappa shape index (κ1) is 15.2. The van der Waals surface area contributed by atoms with Crippen LogP contribution in [0, 0.1) is 0 Å². The van der Waals surface area contributed by atoms with Crippen molar-refractivity contribution in [3.05, 3.63) is 35.7 Å². The largest absolute Gasteiger partial charge is 0.478 e. The maximum atomic E-state index is 11.3. The third-order valence-electron chi connectivity index (χ3n) is 4.12. The molecule has 1 saturated heterocycles. The highest BCUT2D eigenvalue weighted by Crippen LogP contribution is 2.28. The van der Waals surface area contributed by atoms with Crippen molar-refractivity contribution in [1.29, 1.82) is 0 Å². The van der Waals surface area contributed by atoms with Crippen LogP contribution in [0.2, 0.25) is 0 Å². The summed E-state index contributed by atoms with van der Waals surface area (Å²) in [4.78, 5) is 28.4. The van der Waals surface area contributed by atoms with E-state index < -0.39 is 5.97 Å². The molecule has 0 aliphatic carbocycles. The average Bonchev–Trinajstić information content (AvgIpc) is 3.05. The summed E-state index contributed by atoms with van der Waals surface area (Å²) in [6.45, 7) is 2.97. The summed E-state index contributed by atoms with van der Waals surface area (Å²) in [6, 6.07) is 6.35. The Morgan fingerprint density at radius 3 is 2.43 bits per heavy atom. The lowest BCUT2D eigenvalue weighted by Crippen LogP contribution is -2.36. The molecule has 7 heteroatoms. The predicted octanol–water partition coefficient (Wildman–Crippen LogP) is 2.16. The van der Waals surface area contributed by atoms with Gasteiger partial charge in [-0.2, -0.15) is 4.98 Å². The molecule has 23 heavy (non-hydrogen) atoms. The van der Waals surface area contributed by atoms with Crippen LogP contribution in [0.4, 0.5) is 0 Å². The van der Waals surface area contributed by atoms with E-state index in [1.807, 2.05) is 4.90 Å². The molecule has 2 heterocycles. The predicted molar refractivity (Wildman–Crippen MR) is 80.9 cm³/mol. The van der Waals surface area contributed by atoms with Gasteiger partial charge in [-0.05, 0) is 25.0 Å². The number of hydrogen-bond donors (Lipinski definition) is 1. The lowest BCUT2D eigenvalue weighted by molar-refractivity contribution is -0.129. The molecule has 120 valence electrons. The van der Waals surface area contributed by atoms with Crippen LogP contribution in [0.15, 0.2) is 28.8 Å². The van der Waals surface area contributed by atoms with Gasteiger partial charge in [0.15, 0.2) is 0 Å². The average molecular weight is 315 g/mol. The zero-order valence-corrected chi connectivity index (χ0v) is 12.7. The molecule has 0 atom stereocenters. The minimum Gasteiger partial charge on any atom is -0.478 e. The quantitative estimate of drug-likeness (QED) is 0.932. The van der Waals surface area contributed by atoms with Crippen molar-refractivity contribution in [2.75, 3.05) is 13.1 Å². The third kappa shape index (κ3) is 3.23. The van der Waals surface area contributed by atoms with Crippen molar-refractivity contribution in [1.82, 2.24) is 15.0 Å². The summed E-state index contributed by atoms with van der Waals surface area (Å²) >= 11 is 0. The molecule has 1 aromatic carbocycles. The molecule has 1 amide bonds. The van der Waals surface area contributed by atoms with Crippen molar-refractivity contribution >= 4 is 11.9 Å². The molecule has 0 unspecified atom stereocenters. The van der Waals surface area contributed by atoms with Gasteiger partial charge >= 0.3 is 5.97 Å². The Morgan fingerprint density at radius 1 is 1.22 bits per heavy atom. The van der Waals surface area contributed by atoms with Crippen LogP contribution in [0.5, 0.6) is 0 Å². The van der Waals surface area contributed by atoms with E-state index in [4.69, 9.17) is 9.63 Å². The van der Waals surface area contributed by atoms with E-state index in [-0.39, 0.29) is 17.4 Å². The number of carbonyl (C=O) groups is 2. The van der Waals surface area contributed by atoms with Crippen molar-refractivity contribution in [2.45, 2.75) is 25.7 Å². The number of carboxylic acid groups (broad SMARTS) is 1. The molecule has 0 bridgehead atoms. The van der Waals surface area contributed by atoms with Gasteiger partial charge in [-0.15, -0.1) is 0 Å². The van der Waals surface area contributed by atoms with Gasteiger partial charge in [0.2, 0.25) is 17.6 Å². The Balaban J connectivity index is 1.71. The zero-order valence-electron chi connectivity index (χ0n) is 12.7. The monoisotopic (exact) mass is 315 g/mol. The number of amides is 1. The molecule has 0 saturated carbocycles. The topological polar surface area (TPSA) is 96.5 Å². The van der Waals surface area contributed by atoms with Crippen LogP contribution >= 0.6 is 0 Å². The number of rotatable bonds is 3. The minimum absolute atomic E-state index is 0.0909. The lowest BCUT2D eigenvalue weighted by Gasteiger charge is -2.29. The zero-order chi connectivity index (χ0) is 16.4. The SMILES string of the molecule is CC(=O)N1CCC(c2nc(-c3ccc(C(=O)O)cc3)no2)CC1. The summed E-state index contributed by atoms with van der Waals surface area (Å²) in [7, 11) is 0. The van der Waals surface area contributed by atoms with E-state index >= 15 is 0 Å². The number of hydrogen-bond acceptors (Lipinski definition) is 5. The summed E-state index contributed by atoms with van der Waals surface area (Å²) in [5.74, 6) is 0.303. The van der Waals surface area contributed by atoms with Crippen LogP contribution in [-0.4, -0.2) is 45.1 Å². The number of aromatic carboxylic acids is 1. The molecule has 0 spiro atoms. The molecule has 1 aromatic heterocycles. The van der Waals surface area contributed by atoms with E-state index in [1.54, 1.807) is 19.1 Å². The first-order valence-corrected chi connectivity index (χ1v) is 7.47. The van der Waals surface area contributed by atoms with E-state index in [2.05, 4.69) is 10.1 Å². The second kappa shape index (κ2) is 6.20. The van der Waals surface area contributed by atoms with Gasteiger partial charge < -0.3 is 14.5 Å². The number of benzene rings is 1. The fraction of sp³-hybridized carbons (Fsp3) is 0.375. The maximum Gasteiger partial charge on any atom is 0.335 e. The Bertz CT molecular complexity index is 715. The van der Waals surface area contributed by atoms with Gasteiger partial charge in [0, 0.05) is 31.5 Å². The highest BCUT2D eigenvalue weighted by molar-refractivity contribution is 5.88. The van der Waals surface area contributed by atoms with Crippen molar-refractivity contribution in [3.63, 3.8) is 0 Å². The molecule has 1 fully saturated rings. The van der Waals surface area contributed by atoms with Gasteiger partial charge in [-0.1, -0.05) is 17.3 Å². The van der Waals surface area contributed by atoms with E-state index in [1.165, 1.54) is 12.1 Å². The summed E-state index contributed by atoms with van der Waals surface area (Å²) in [5.41, 5.74) is 0.931. The van der Waals surface area contributed by atoms with Gasteiger partial charge in [-0.3, -0.25) is 4.79 Å². The number of carboxylic acids is 1. The van der Waals surface area contributed by atoms with Gasteiger partial charge in [0.25, 0.3) is 0 Å². The van der Waals surface area contributed by atoms with Crippen LogP contribution in [0.25, 0.3) is 11.4 Å². The van der Waals surface area contributed by atoms with Gasteiger partial charge in [0.1, 0.15) is 0 Å². The normalized spacial score (nSPS) is 15.6. The number of nitrogens with zero attached hydrogens (tertiary/aromatic N) is 3. The fourth-order valence-electron chi connectivity index (χ4n) is 2.72. The minimum atomic E-state index is -0.970. The second-order valence-electron chi connectivity index (χ2n) is 5.62. The van der Waals surface area contributed by atoms with E-state index in [9.17, 15) is 9.59 Å². The summed E-state index contributed by atoms with van der Waals surface area (Å²) in [6.07, 6.45) is 1.61. The maximum absolute atomic E-state index is 11.3. The highest BCUT2D eigenvalue weighted by Gasteiger charge is 2.26. The Morgan fingerprint density at radius 2 is 1.87 bits per heavy atom. The lowest BCUT2D eigenvalue weighted by atomic mass is 9.97. The molecule has 2 aromatic rings. The number of piperidine rings is 1. The van der Waals surface area contributed by atoms with Crippen molar-refractivity contribution in [3.8, 4) is 11.4 Å². The standard InChI is InChI=1S/C16H17N3O4/c1-10(20)19-8-6-12(7-9-19)15-17-14(18-23-15)11-2-4-13(5-3-11)16(21)22/h2-5,12H,6-9H2,1H3,(H,21,22). The Hall–Kier alpha value is -2.70. The van der Waals surface area contributed by atoms with E-state index in [0.29, 0.717) is 30.4 Å². The smallest absolute Gasteiger partial charge is 0.335 e. The molecule has 3 rings (SSSR count). The number of aromatic nitrogens is 2. The number of carbonyl (C=O) groups excluding carboxylic acids is 1. The van der Waals surface area contributed by atoms with Crippen LogP contribution in [0.3, 0.4) is 0 Å². The van der Waals surface area contributed by atoms with Crippen LogP contribution < -0.4 is 0 Å². The van der Waals surface area contributed by atoms with Gasteiger partial charge in [0.05, 0.1) is 5.56 Å². The Labute approximate surface area is 132 Å². The Kier molecular flexibility index (Phi) is 4.10. The first-order valence-electron chi connectivity index (χ1n) is 7.47. The third-order valence-corrected chi connectivity index (χ3v) is 4.12. The summed E-state index contributed by atoms with van der Waals surface area (Å²) < 4.78 is 5.35. The van der Waals surface area contributed by atoms with Crippen molar-refractivity contribution < 1.29 is 19.2 Å². The molecule has 0 radical (unpaired) electrons. The highest BCUT2D eigenvalue weighted by atomic mass is 16.5. The fourth-order valence-corrected chi connectivity index (χ4v) is 2.72. The van der Waals surface area contributed by atoms with Crippen LogP contribution in [-0.2, 0) is 4.79 Å². The molecule has 1 aliphatic rings. The number of likely N-dealkylation sites (tertiary alicyclic amines) is 1. The molecule has 1 aliphatic heterocycles. The van der Waals surface area contributed by atoms with Crippen molar-refractivity contribution in [2.24, 2.45) is 0 Å². The molecule has 7 nitrogen and oxygen atoms in total.